The largest absolute Gasteiger partial charge is 0.644 e. The van der Waals surface area contributed by atoms with Crippen LogP contribution < -0.4 is 0 Å². The molecule has 0 aromatic rings. The molecule has 0 aromatic carbocycles. The molecule has 0 aliphatic heterocycles. The Hall–Kier alpha value is 1.02. The average molecular weight is 130 g/mol. The highest BCUT2D eigenvalue weighted by atomic mass is 27.2. The van der Waals surface area contributed by atoms with Gasteiger partial charge in [0.25, 0.3) is 0 Å². The van der Waals surface area contributed by atoms with E-state index in [1.54, 1.807) is 0 Å². The first kappa shape index (κ1) is 8.02. The maximum absolute atomic E-state index is 5.13. The molecular weight excluding hydrogens is 118 g/mol. The predicted molar refractivity (Wildman–Crippen MR) is 36.4 cm³/mol. The Balaban J connectivity index is 2.68. The van der Waals surface area contributed by atoms with Crippen molar-refractivity contribution in [1.82, 2.24) is 0 Å². The van der Waals surface area contributed by atoms with Gasteiger partial charge in [-0.25, -0.2) is 0 Å². The summed E-state index contributed by atoms with van der Waals surface area (Å²) in [5.74, 6) is 0.862. The van der Waals surface area contributed by atoms with Gasteiger partial charge < -0.3 is 2.84 Å². The lowest BCUT2D eigenvalue weighted by Gasteiger charge is -1.98. The standard InChI is InChI=1S/C4H9.2Al.O.3H/c1-4(2)3;;;;;;/h4H,1H2,2-3H3;;;;;;. The highest BCUT2D eigenvalue weighted by molar-refractivity contribution is 6.34. The van der Waals surface area contributed by atoms with Crippen LogP contribution in [0, 0.1) is 5.92 Å². The van der Waals surface area contributed by atoms with Crippen molar-refractivity contribution in [3.8, 4) is 0 Å². The predicted octanol–water partition coefficient (Wildman–Crippen LogP) is -0.0231. The number of rotatable bonds is 3. The quantitative estimate of drug-likeness (QED) is 0.488. The minimum Gasteiger partial charge on any atom is -0.644 e. The molecule has 3 heteroatoms. The molecule has 0 spiro atoms. The Morgan fingerprint density at radius 3 is 2.43 bits per heavy atom. The first-order valence-corrected chi connectivity index (χ1v) is 5.15. The van der Waals surface area contributed by atoms with Crippen molar-refractivity contribution in [3.05, 3.63) is 0 Å². The van der Waals surface area contributed by atoms with E-state index in [-0.39, 0.29) is 15.6 Å². The lowest BCUT2D eigenvalue weighted by Crippen LogP contribution is -1.98. The number of hydrogen-bond acceptors (Lipinski definition) is 1. The van der Waals surface area contributed by atoms with Gasteiger partial charge in [-0.15, -0.1) is 0 Å². The van der Waals surface area contributed by atoms with Crippen molar-refractivity contribution in [3.63, 3.8) is 0 Å². The minimum absolute atomic E-state index is 0.0640. The molecule has 0 N–H and O–H groups in total. The van der Waals surface area contributed by atoms with Crippen molar-refractivity contribution in [1.29, 1.82) is 0 Å². The van der Waals surface area contributed by atoms with Crippen LogP contribution in [0.15, 0.2) is 0 Å². The third-order valence-corrected chi connectivity index (χ3v) is 3.92. The summed E-state index contributed by atoms with van der Waals surface area (Å²) in [7, 11) is 0. The van der Waals surface area contributed by atoms with Crippen LogP contribution in [0.5, 0.6) is 0 Å². The van der Waals surface area contributed by atoms with Gasteiger partial charge in [-0.1, -0.05) is 25.0 Å². The minimum atomic E-state index is -0.0640. The maximum atomic E-state index is 5.13. The maximum Gasteiger partial charge on any atom is 0.404 e. The Bertz CT molecular complexity index is 38.7. The van der Waals surface area contributed by atoms with Gasteiger partial charge in [-0.05, 0) is 0 Å². The van der Waals surface area contributed by atoms with Crippen LogP contribution in [-0.4, -0.2) is 32.2 Å². The van der Waals surface area contributed by atoms with Crippen molar-refractivity contribution in [2.24, 2.45) is 5.92 Å². The van der Waals surface area contributed by atoms with Gasteiger partial charge >= 0.3 is 32.2 Å². The summed E-state index contributed by atoms with van der Waals surface area (Å²) < 4.78 is 5.13. The van der Waals surface area contributed by atoms with Crippen LogP contribution in [0.2, 0.25) is 5.28 Å². The van der Waals surface area contributed by atoms with Crippen molar-refractivity contribution in [2.75, 3.05) is 0 Å². The SMILES string of the molecule is CC(C)[CH2][AlH][O][AlH2]. The van der Waals surface area contributed by atoms with Crippen LogP contribution in [-0.2, 0) is 2.84 Å². The Labute approximate surface area is 60.2 Å². The van der Waals surface area contributed by atoms with Gasteiger partial charge in [0, 0.05) is 0 Å². The molecule has 0 bridgehead atoms. The zero-order valence-corrected chi connectivity index (χ0v) is 8.81. The van der Waals surface area contributed by atoms with Crippen LogP contribution in [0.3, 0.4) is 0 Å². The van der Waals surface area contributed by atoms with Crippen LogP contribution >= 0.6 is 0 Å². The van der Waals surface area contributed by atoms with E-state index < -0.39 is 0 Å². The lowest BCUT2D eigenvalue weighted by molar-refractivity contribution is 0.625. The highest BCUT2D eigenvalue weighted by Crippen LogP contribution is 1.96. The summed E-state index contributed by atoms with van der Waals surface area (Å²) in [5.41, 5.74) is 0. The van der Waals surface area contributed by atoms with Gasteiger partial charge in [-0.3, -0.25) is 0 Å². The fourth-order valence-electron chi connectivity index (χ4n) is 0.354. The van der Waals surface area contributed by atoms with Gasteiger partial charge in [-0.2, -0.15) is 0 Å². The molecule has 0 amide bonds. The molecule has 0 saturated carbocycles. The van der Waals surface area contributed by atoms with Crippen molar-refractivity contribution >= 4 is 32.2 Å². The van der Waals surface area contributed by atoms with E-state index in [0.29, 0.717) is 0 Å². The third-order valence-electron chi connectivity index (χ3n) is 0.899. The molecule has 0 unspecified atom stereocenters. The molecule has 0 aromatic heterocycles. The second kappa shape index (κ2) is 5.17. The molecule has 0 atom stereocenters. The van der Waals surface area contributed by atoms with Crippen LogP contribution in [0.25, 0.3) is 0 Å². The van der Waals surface area contributed by atoms with Crippen molar-refractivity contribution < 1.29 is 2.84 Å². The summed E-state index contributed by atoms with van der Waals surface area (Å²) in [6.45, 7) is 4.49. The molecule has 0 rings (SSSR count). The molecule has 0 radical (unpaired) electrons. The van der Waals surface area contributed by atoms with E-state index >= 15 is 0 Å². The smallest absolute Gasteiger partial charge is 0.404 e. The summed E-state index contributed by atoms with van der Waals surface area (Å²) in [4.78, 5) is 0. The summed E-state index contributed by atoms with van der Waals surface area (Å²) in [6.07, 6.45) is 0. The van der Waals surface area contributed by atoms with E-state index in [4.69, 9.17) is 2.84 Å². The first-order chi connectivity index (χ1) is 3.27. The van der Waals surface area contributed by atoms with Gasteiger partial charge in [0.2, 0.25) is 0 Å². The number of hydrogen-bond donors (Lipinski definition) is 0. The molecule has 0 aliphatic carbocycles. The fourth-order valence-corrected chi connectivity index (χ4v) is 1.77. The Morgan fingerprint density at radius 1 is 1.71 bits per heavy atom. The zero-order valence-electron chi connectivity index (χ0n) is 5.40. The molecule has 0 heterocycles. The van der Waals surface area contributed by atoms with E-state index in [1.165, 1.54) is 5.28 Å². The fraction of sp³-hybridized carbons (Fsp3) is 1.00. The average Bonchev–Trinajstić information content (AvgIpc) is 1.61. The summed E-state index contributed by atoms with van der Waals surface area (Å²) >= 11 is 0.892. The van der Waals surface area contributed by atoms with Crippen LogP contribution in [0.4, 0.5) is 0 Å². The zero-order chi connectivity index (χ0) is 5.70. The molecule has 7 heavy (non-hydrogen) atoms. The second-order valence-corrected chi connectivity index (χ2v) is 5.47. The van der Waals surface area contributed by atoms with E-state index in [9.17, 15) is 0 Å². The second-order valence-electron chi connectivity index (χ2n) is 2.18. The van der Waals surface area contributed by atoms with Gasteiger partial charge in [0.1, 0.15) is 0 Å². The van der Waals surface area contributed by atoms with E-state index in [1.807, 2.05) is 0 Å². The topological polar surface area (TPSA) is 9.23 Å². The van der Waals surface area contributed by atoms with Gasteiger partial charge in [0.15, 0.2) is 0 Å². The van der Waals surface area contributed by atoms with Crippen LogP contribution in [0.1, 0.15) is 13.8 Å². The molecule has 1 nitrogen and oxygen atoms in total. The molecule has 40 valence electrons. The lowest BCUT2D eigenvalue weighted by atomic mass is 10.3. The van der Waals surface area contributed by atoms with Gasteiger partial charge in [0.05, 0.1) is 0 Å². The Morgan fingerprint density at radius 2 is 2.29 bits per heavy atom. The van der Waals surface area contributed by atoms with E-state index in [2.05, 4.69) is 13.8 Å². The molecule has 0 fully saturated rings. The molecule has 0 aliphatic rings. The Kier molecular flexibility index (Phi) is 5.92. The highest BCUT2D eigenvalue weighted by Gasteiger charge is 1.94. The molecule has 0 saturated heterocycles. The summed E-state index contributed by atoms with van der Waals surface area (Å²) in [6, 6.07) is 0. The van der Waals surface area contributed by atoms with Crippen molar-refractivity contribution in [2.45, 2.75) is 19.1 Å². The third kappa shape index (κ3) is 7.02. The first-order valence-electron chi connectivity index (χ1n) is 2.76. The molecular formula is C4H12Al2O. The monoisotopic (exact) mass is 130 g/mol. The summed E-state index contributed by atoms with van der Waals surface area (Å²) in [5, 5.41) is 1.35. The van der Waals surface area contributed by atoms with E-state index in [0.717, 1.165) is 22.5 Å². The normalized spacial score (nSPS) is 9.57.